The number of hydrogen-bond acceptors (Lipinski definition) is 4. The molecule has 0 saturated carbocycles. The van der Waals surface area contributed by atoms with Crippen molar-refractivity contribution in [2.45, 2.75) is 4.90 Å². The molecule has 0 aliphatic rings. The van der Waals surface area contributed by atoms with E-state index >= 15 is 0 Å². The van der Waals surface area contributed by atoms with Crippen LogP contribution in [0.25, 0.3) is 0 Å². The van der Waals surface area contributed by atoms with Gasteiger partial charge in [-0.3, -0.25) is 0 Å². The summed E-state index contributed by atoms with van der Waals surface area (Å²) in [4.78, 5) is 10.8. The molecule has 0 unspecified atom stereocenters. The Kier molecular flexibility index (Phi) is 3.73. The van der Waals surface area contributed by atoms with Crippen molar-refractivity contribution in [1.29, 1.82) is 0 Å². The lowest BCUT2D eigenvalue weighted by Gasteiger charge is -2.12. The minimum Gasteiger partial charge on any atom is -0.478 e. The Morgan fingerprint density at radius 1 is 1.05 bits per heavy atom. The Labute approximate surface area is 115 Å². The molecular formula is C13H11NO5S. The lowest BCUT2D eigenvalue weighted by molar-refractivity contribution is 0.0693. The summed E-state index contributed by atoms with van der Waals surface area (Å²) in [6.45, 7) is 0. The SMILES string of the molecule is NS(=O)(=O)c1cccc(C(=O)O)c1Oc1ccccc1. The maximum Gasteiger partial charge on any atom is 0.339 e. The van der Waals surface area contributed by atoms with Crippen LogP contribution in [0.2, 0.25) is 0 Å². The van der Waals surface area contributed by atoms with Gasteiger partial charge in [-0.1, -0.05) is 24.3 Å². The predicted molar refractivity (Wildman–Crippen MR) is 71.3 cm³/mol. The Morgan fingerprint density at radius 3 is 2.25 bits per heavy atom. The minimum atomic E-state index is -4.10. The summed E-state index contributed by atoms with van der Waals surface area (Å²) in [5.74, 6) is -1.29. The van der Waals surface area contributed by atoms with Gasteiger partial charge in [0, 0.05) is 0 Å². The van der Waals surface area contributed by atoms with Crippen molar-refractivity contribution < 1.29 is 23.1 Å². The van der Waals surface area contributed by atoms with E-state index in [2.05, 4.69) is 0 Å². The molecule has 0 radical (unpaired) electrons. The monoisotopic (exact) mass is 293 g/mol. The fourth-order valence-electron chi connectivity index (χ4n) is 1.62. The summed E-state index contributed by atoms with van der Waals surface area (Å²) in [6, 6.07) is 12.0. The van der Waals surface area contributed by atoms with Crippen LogP contribution < -0.4 is 9.88 Å². The van der Waals surface area contributed by atoms with Crippen molar-refractivity contribution in [3.05, 3.63) is 54.1 Å². The molecule has 0 heterocycles. The van der Waals surface area contributed by atoms with Crippen LogP contribution in [0.5, 0.6) is 11.5 Å². The van der Waals surface area contributed by atoms with Crippen LogP contribution in [0.15, 0.2) is 53.4 Å². The molecule has 2 rings (SSSR count). The lowest BCUT2D eigenvalue weighted by Crippen LogP contribution is -2.15. The maximum absolute atomic E-state index is 11.5. The van der Waals surface area contributed by atoms with Gasteiger partial charge in [-0.05, 0) is 24.3 Å². The normalized spacial score (nSPS) is 11.1. The van der Waals surface area contributed by atoms with E-state index in [1.165, 1.54) is 18.2 Å². The van der Waals surface area contributed by atoms with Crippen LogP contribution in [0.4, 0.5) is 0 Å². The first-order chi connectivity index (χ1) is 9.39. The van der Waals surface area contributed by atoms with Gasteiger partial charge in [-0.15, -0.1) is 0 Å². The van der Waals surface area contributed by atoms with Crippen molar-refractivity contribution in [3.8, 4) is 11.5 Å². The molecule has 7 heteroatoms. The number of carboxylic acid groups (broad SMARTS) is 1. The van der Waals surface area contributed by atoms with Gasteiger partial charge in [0.1, 0.15) is 16.2 Å². The smallest absolute Gasteiger partial charge is 0.339 e. The van der Waals surface area contributed by atoms with E-state index in [-0.39, 0.29) is 16.2 Å². The molecular weight excluding hydrogens is 282 g/mol. The van der Waals surface area contributed by atoms with Crippen LogP contribution in [0.1, 0.15) is 10.4 Å². The molecule has 0 saturated heterocycles. The van der Waals surface area contributed by atoms with Crippen LogP contribution >= 0.6 is 0 Å². The van der Waals surface area contributed by atoms with E-state index in [1.807, 2.05) is 0 Å². The second-order valence-electron chi connectivity index (χ2n) is 3.90. The first-order valence-electron chi connectivity index (χ1n) is 5.51. The molecule has 0 bridgehead atoms. The maximum atomic E-state index is 11.5. The van der Waals surface area contributed by atoms with E-state index in [4.69, 9.17) is 15.0 Å². The second kappa shape index (κ2) is 5.32. The van der Waals surface area contributed by atoms with E-state index < -0.39 is 16.0 Å². The first-order valence-corrected chi connectivity index (χ1v) is 7.06. The lowest BCUT2D eigenvalue weighted by atomic mass is 10.2. The molecule has 104 valence electrons. The first kappa shape index (κ1) is 14.0. The van der Waals surface area contributed by atoms with E-state index in [0.717, 1.165) is 0 Å². The number of carboxylic acids is 1. The minimum absolute atomic E-state index is 0.277. The number of sulfonamides is 1. The highest BCUT2D eigenvalue weighted by Crippen LogP contribution is 2.31. The highest BCUT2D eigenvalue weighted by atomic mass is 32.2. The quantitative estimate of drug-likeness (QED) is 0.894. The van der Waals surface area contributed by atoms with Crippen molar-refractivity contribution in [3.63, 3.8) is 0 Å². The number of nitrogens with two attached hydrogens (primary N) is 1. The predicted octanol–water partition coefficient (Wildman–Crippen LogP) is 1.82. The van der Waals surface area contributed by atoms with Crippen molar-refractivity contribution in [1.82, 2.24) is 0 Å². The third-order valence-corrected chi connectivity index (χ3v) is 3.41. The summed E-state index contributed by atoms with van der Waals surface area (Å²) in [5, 5.41) is 14.2. The third kappa shape index (κ3) is 2.95. The number of benzene rings is 2. The molecule has 0 fully saturated rings. The second-order valence-corrected chi connectivity index (χ2v) is 5.43. The van der Waals surface area contributed by atoms with Gasteiger partial charge in [-0.25, -0.2) is 18.4 Å². The zero-order valence-electron chi connectivity index (χ0n) is 10.2. The fraction of sp³-hybridized carbons (Fsp3) is 0. The molecule has 3 N–H and O–H groups in total. The number of hydrogen-bond donors (Lipinski definition) is 2. The number of para-hydroxylation sites is 2. The standard InChI is InChI=1S/C13H11NO5S/c14-20(17,18)11-8-4-7-10(13(15)16)12(11)19-9-5-2-1-3-6-9/h1-8H,(H,15,16)(H2,14,17,18). The Bertz CT molecular complexity index is 741. The molecule has 2 aromatic rings. The highest BCUT2D eigenvalue weighted by molar-refractivity contribution is 7.89. The fourth-order valence-corrected chi connectivity index (χ4v) is 2.30. The molecule has 0 aliphatic heterocycles. The largest absolute Gasteiger partial charge is 0.478 e. The molecule has 20 heavy (non-hydrogen) atoms. The Balaban J connectivity index is 2.62. The summed E-state index contributed by atoms with van der Waals surface area (Å²) in [5.41, 5.74) is -0.277. The van der Waals surface area contributed by atoms with Gasteiger partial charge in [0.25, 0.3) is 0 Å². The number of aromatic carboxylic acids is 1. The van der Waals surface area contributed by atoms with Crippen molar-refractivity contribution in [2.24, 2.45) is 5.14 Å². The summed E-state index contributed by atoms with van der Waals surface area (Å²) in [7, 11) is -4.10. The summed E-state index contributed by atoms with van der Waals surface area (Å²) >= 11 is 0. The Hall–Kier alpha value is -2.38. The highest BCUT2D eigenvalue weighted by Gasteiger charge is 2.22. The molecule has 0 spiro atoms. The molecule has 2 aromatic carbocycles. The van der Waals surface area contributed by atoms with Crippen LogP contribution in [0, 0.1) is 0 Å². The number of rotatable bonds is 4. The van der Waals surface area contributed by atoms with Gasteiger partial charge >= 0.3 is 5.97 Å². The summed E-state index contributed by atoms with van der Waals surface area (Å²) in [6.07, 6.45) is 0. The van der Waals surface area contributed by atoms with Crippen molar-refractivity contribution >= 4 is 16.0 Å². The number of ether oxygens (including phenoxy) is 1. The van der Waals surface area contributed by atoms with E-state index in [1.54, 1.807) is 30.3 Å². The average Bonchev–Trinajstić information content (AvgIpc) is 2.38. The number of primary sulfonamides is 1. The molecule has 0 aromatic heterocycles. The van der Waals surface area contributed by atoms with Gasteiger partial charge in [0.05, 0.1) is 0 Å². The van der Waals surface area contributed by atoms with Crippen molar-refractivity contribution in [2.75, 3.05) is 0 Å². The van der Waals surface area contributed by atoms with Crippen LogP contribution in [0.3, 0.4) is 0 Å². The topological polar surface area (TPSA) is 107 Å². The zero-order valence-corrected chi connectivity index (χ0v) is 11.0. The summed E-state index contributed by atoms with van der Waals surface area (Å²) < 4.78 is 28.4. The third-order valence-electron chi connectivity index (χ3n) is 2.48. The van der Waals surface area contributed by atoms with Gasteiger partial charge in [-0.2, -0.15) is 0 Å². The van der Waals surface area contributed by atoms with Crippen LogP contribution in [-0.4, -0.2) is 19.5 Å². The molecule has 0 amide bonds. The van der Waals surface area contributed by atoms with Gasteiger partial charge < -0.3 is 9.84 Å². The molecule has 0 atom stereocenters. The molecule has 0 aliphatic carbocycles. The van der Waals surface area contributed by atoms with Gasteiger partial charge in [0.2, 0.25) is 10.0 Å². The Morgan fingerprint density at radius 2 is 1.70 bits per heavy atom. The van der Waals surface area contributed by atoms with E-state index in [9.17, 15) is 13.2 Å². The van der Waals surface area contributed by atoms with Gasteiger partial charge in [0.15, 0.2) is 5.75 Å². The average molecular weight is 293 g/mol. The zero-order chi connectivity index (χ0) is 14.8. The van der Waals surface area contributed by atoms with Crippen LogP contribution in [-0.2, 0) is 10.0 Å². The number of carbonyl (C=O) groups is 1. The van der Waals surface area contributed by atoms with E-state index in [0.29, 0.717) is 5.75 Å². The molecule has 6 nitrogen and oxygen atoms in total.